The Bertz CT molecular complexity index is 712. The van der Waals surface area contributed by atoms with Crippen molar-refractivity contribution >= 4 is 32.6 Å². The molecule has 0 bridgehead atoms. The van der Waals surface area contributed by atoms with Gasteiger partial charge in [-0.1, -0.05) is 0 Å². The lowest BCUT2D eigenvalue weighted by atomic mass is 10.1. The van der Waals surface area contributed by atoms with Crippen molar-refractivity contribution in [2.45, 2.75) is 18.9 Å². The second-order valence-corrected chi connectivity index (χ2v) is 7.15. The van der Waals surface area contributed by atoms with Gasteiger partial charge in [0.05, 0.1) is 23.1 Å². The highest BCUT2D eigenvalue weighted by Crippen LogP contribution is 2.23. The van der Waals surface area contributed by atoms with Crippen LogP contribution in [0.25, 0.3) is 11.0 Å². The van der Waals surface area contributed by atoms with Crippen molar-refractivity contribution in [1.29, 1.82) is 0 Å². The van der Waals surface area contributed by atoms with Gasteiger partial charge in [-0.2, -0.15) is 15.1 Å². The number of aromatic nitrogens is 4. The first-order valence-corrected chi connectivity index (χ1v) is 8.25. The smallest absolute Gasteiger partial charge is 0.226 e. The molecule has 1 aliphatic heterocycles. The van der Waals surface area contributed by atoms with Gasteiger partial charge in [0.25, 0.3) is 0 Å². The van der Waals surface area contributed by atoms with Gasteiger partial charge in [0.1, 0.15) is 15.7 Å². The maximum Gasteiger partial charge on any atom is 0.226 e. The first-order chi connectivity index (χ1) is 9.57. The zero-order chi connectivity index (χ0) is 14.2. The lowest BCUT2D eigenvalue weighted by Crippen LogP contribution is -2.32. The maximum absolute atomic E-state index is 11.4. The molecular weight excluding hydrogens is 280 g/mol. The van der Waals surface area contributed by atoms with Crippen molar-refractivity contribution in [3.63, 3.8) is 0 Å². The van der Waals surface area contributed by atoms with Crippen LogP contribution < -0.4 is 10.6 Å². The summed E-state index contributed by atoms with van der Waals surface area (Å²) in [6.07, 6.45) is 2.86. The quantitative estimate of drug-likeness (QED) is 0.750. The number of H-pyrrole nitrogens is 1. The van der Waals surface area contributed by atoms with Crippen LogP contribution in [0, 0.1) is 0 Å². The molecule has 3 rings (SSSR count). The van der Waals surface area contributed by atoms with Crippen molar-refractivity contribution in [2.75, 3.05) is 29.2 Å². The molecule has 1 saturated heterocycles. The lowest BCUT2D eigenvalue weighted by Gasteiger charge is -2.23. The average Bonchev–Trinajstić information content (AvgIpc) is 2.89. The third-order valence-electron chi connectivity index (χ3n) is 3.43. The zero-order valence-corrected chi connectivity index (χ0v) is 11.9. The molecule has 1 aliphatic rings. The van der Waals surface area contributed by atoms with E-state index < -0.39 is 9.84 Å². The third kappa shape index (κ3) is 2.53. The van der Waals surface area contributed by atoms with Gasteiger partial charge in [-0.15, -0.1) is 0 Å². The molecule has 0 unspecified atom stereocenters. The van der Waals surface area contributed by atoms with E-state index in [9.17, 15) is 8.42 Å². The molecule has 8 nitrogen and oxygen atoms in total. The van der Waals surface area contributed by atoms with Crippen LogP contribution >= 0.6 is 0 Å². The highest BCUT2D eigenvalue weighted by molar-refractivity contribution is 7.91. The topological polar surface area (TPSA) is 113 Å². The number of hydrogen-bond acceptors (Lipinski definition) is 7. The summed E-state index contributed by atoms with van der Waals surface area (Å²) in [5, 5.41) is 13.8. The Morgan fingerprint density at radius 2 is 2.05 bits per heavy atom. The van der Waals surface area contributed by atoms with E-state index in [1.165, 1.54) is 0 Å². The van der Waals surface area contributed by atoms with Gasteiger partial charge in [0.2, 0.25) is 5.95 Å². The van der Waals surface area contributed by atoms with Crippen molar-refractivity contribution < 1.29 is 8.42 Å². The van der Waals surface area contributed by atoms with Gasteiger partial charge < -0.3 is 10.6 Å². The van der Waals surface area contributed by atoms with Crippen LogP contribution in [0.15, 0.2) is 6.20 Å². The van der Waals surface area contributed by atoms with Gasteiger partial charge in [-0.3, -0.25) is 5.10 Å². The number of anilines is 2. The number of sulfone groups is 1. The van der Waals surface area contributed by atoms with E-state index in [-0.39, 0.29) is 17.5 Å². The molecule has 1 fully saturated rings. The summed E-state index contributed by atoms with van der Waals surface area (Å²) in [5.41, 5.74) is 0.648. The first-order valence-electron chi connectivity index (χ1n) is 6.43. The molecule has 108 valence electrons. The average molecular weight is 296 g/mol. The van der Waals surface area contributed by atoms with Gasteiger partial charge >= 0.3 is 0 Å². The molecule has 3 heterocycles. The summed E-state index contributed by atoms with van der Waals surface area (Å²) in [5.74, 6) is 1.62. The van der Waals surface area contributed by atoms with Crippen LogP contribution in [0.5, 0.6) is 0 Å². The maximum atomic E-state index is 11.4. The Kier molecular flexibility index (Phi) is 3.20. The Balaban J connectivity index is 1.85. The SMILES string of the molecule is CNc1nc(NC2CCS(=O)(=O)CC2)c2cn[nH]c2n1. The molecule has 0 spiro atoms. The Morgan fingerprint density at radius 1 is 1.30 bits per heavy atom. The van der Waals surface area contributed by atoms with Crippen LogP contribution in [0.3, 0.4) is 0 Å². The Morgan fingerprint density at radius 3 is 2.75 bits per heavy atom. The molecule has 0 saturated carbocycles. The molecule has 9 heteroatoms. The highest BCUT2D eigenvalue weighted by atomic mass is 32.2. The molecular formula is C11H16N6O2S. The summed E-state index contributed by atoms with van der Waals surface area (Å²) in [6, 6.07) is 0.108. The second-order valence-electron chi connectivity index (χ2n) is 4.85. The van der Waals surface area contributed by atoms with Crippen molar-refractivity contribution in [2.24, 2.45) is 0 Å². The van der Waals surface area contributed by atoms with E-state index in [1.54, 1.807) is 13.2 Å². The minimum absolute atomic E-state index is 0.108. The minimum Gasteiger partial charge on any atom is -0.366 e. The summed E-state index contributed by atoms with van der Waals surface area (Å²) >= 11 is 0. The molecule has 20 heavy (non-hydrogen) atoms. The predicted molar refractivity (Wildman–Crippen MR) is 76.5 cm³/mol. The minimum atomic E-state index is -2.86. The van der Waals surface area contributed by atoms with Crippen molar-refractivity contribution in [3.8, 4) is 0 Å². The molecule has 0 amide bonds. The largest absolute Gasteiger partial charge is 0.366 e. The fourth-order valence-electron chi connectivity index (χ4n) is 2.28. The van der Waals surface area contributed by atoms with E-state index in [2.05, 4.69) is 30.8 Å². The van der Waals surface area contributed by atoms with Gasteiger partial charge in [0.15, 0.2) is 5.65 Å². The fourth-order valence-corrected chi connectivity index (χ4v) is 3.78. The van der Waals surface area contributed by atoms with Crippen LogP contribution in [0.4, 0.5) is 11.8 Å². The summed E-state index contributed by atoms with van der Waals surface area (Å²) < 4.78 is 22.9. The number of fused-ring (bicyclic) bond motifs is 1. The van der Waals surface area contributed by atoms with E-state index in [0.29, 0.717) is 30.3 Å². The molecule has 3 N–H and O–H groups in total. The normalized spacial score (nSPS) is 19.1. The predicted octanol–water partition coefficient (Wildman–Crippen LogP) is 0.384. The van der Waals surface area contributed by atoms with Crippen LogP contribution in [0.2, 0.25) is 0 Å². The van der Waals surface area contributed by atoms with Crippen LogP contribution in [0.1, 0.15) is 12.8 Å². The zero-order valence-electron chi connectivity index (χ0n) is 11.0. The van der Waals surface area contributed by atoms with Crippen molar-refractivity contribution in [1.82, 2.24) is 20.2 Å². The van der Waals surface area contributed by atoms with Crippen LogP contribution in [-0.4, -0.2) is 53.2 Å². The van der Waals surface area contributed by atoms with Gasteiger partial charge in [0, 0.05) is 13.1 Å². The molecule has 2 aromatic rings. The van der Waals surface area contributed by atoms with E-state index in [0.717, 1.165) is 5.39 Å². The standard InChI is InChI=1S/C11H16N6O2S/c1-12-11-15-9(8-6-13-17-10(8)16-11)14-7-2-4-20(18,19)5-3-7/h6-7H,2-5H2,1H3,(H3,12,13,14,15,16,17). The summed E-state index contributed by atoms with van der Waals surface area (Å²) in [6.45, 7) is 0. The number of aromatic amines is 1. The second kappa shape index (κ2) is 4.89. The fraction of sp³-hybridized carbons (Fsp3) is 0.545. The molecule has 2 aromatic heterocycles. The molecule has 0 radical (unpaired) electrons. The number of nitrogens with one attached hydrogen (secondary N) is 3. The first kappa shape index (κ1) is 13.1. The molecule has 0 atom stereocenters. The Hall–Kier alpha value is -1.90. The summed E-state index contributed by atoms with van der Waals surface area (Å²) in [7, 11) is -1.11. The number of nitrogens with zero attached hydrogens (tertiary/aromatic N) is 3. The van der Waals surface area contributed by atoms with E-state index in [1.807, 2.05) is 0 Å². The van der Waals surface area contributed by atoms with E-state index in [4.69, 9.17) is 0 Å². The van der Waals surface area contributed by atoms with Gasteiger partial charge in [-0.25, -0.2) is 8.42 Å². The lowest BCUT2D eigenvalue weighted by molar-refractivity contribution is 0.559. The monoisotopic (exact) mass is 296 g/mol. The summed E-state index contributed by atoms with van der Waals surface area (Å²) in [4.78, 5) is 8.63. The Labute approximate surface area is 116 Å². The highest BCUT2D eigenvalue weighted by Gasteiger charge is 2.24. The molecule has 0 aliphatic carbocycles. The molecule has 0 aromatic carbocycles. The van der Waals surface area contributed by atoms with Crippen LogP contribution in [-0.2, 0) is 9.84 Å². The number of hydrogen-bond donors (Lipinski definition) is 3. The number of rotatable bonds is 3. The van der Waals surface area contributed by atoms with Gasteiger partial charge in [-0.05, 0) is 12.8 Å². The van der Waals surface area contributed by atoms with E-state index >= 15 is 0 Å². The third-order valence-corrected chi connectivity index (χ3v) is 5.14. The van der Waals surface area contributed by atoms with Crippen molar-refractivity contribution in [3.05, 3.63) is 6.20 Å².